The molecule has 0 fully saturated rings. The van der Waals surface area contributed by atoms with E-state index in [4.69, 9.17) is 18.0 Å². The molecule has 0 spiro atoms. The molecule has 0 atom stereocenters. The minimum absolute atomic E-state index is 0.0186. The molecule has 86 valence electrons. The standard InChI is InChI=1S/C11H15N3OS/c1-13-10(15)7-6-8-4-2-3-5-9(8)14-11(12)16/h2-5H,6-7H2,1H3,(H,13,15)(H3,12,14,16). The lowest BCUT2D eigenvalue weighted by molar-refractivity contribution is -0.120. The molecule has 1 amide bonds. The summed E-state index contributed by atoms with van der Waals surface area (Å²) in [6.07, 6.45) is 1.11. The maximum Gasteiger partial charge on any atom is 0.220 e. The lowest BCUT2D eigenvalue weighted by Gasteiger charge is -2.10. The number of benzene rings is 1. The number of hydrogen-bond acceptors (Lipinski definition) is 2. The van der Waals surface area contributed by atoms with Crippen molar-refractivity contribution < 1.29 is 4.79 Å². The minimum atomic E-state index is 0.0186. The highest BCUT2D eigenvalue weighted by molar-refractivity contribution is 7.80. The average Bonchev–Trinajstić information content (AvgIpc) is 2.26. The third kappa shape index (κ3) is 3.86. The topological polar surface area (TPSA) is 67.2 Å². The highest BCUT2D eigenvalue weighted by Gasteiger charge is 2.04. The van der Waals surface area contributed by atoms with E-state index in [9.17, 15) is 4.79 Å². The van der Waals surface area contributed by atoms with Crippen LogP contribution in [0.4, 0.5) is 5.69 Å². The van der Waals surface area contributed by atoms with Crippen LogP contribution in [-0.4, -0.2) is 18.1 Å². The first-order valence-corrected chi connectivity index (χ1v) is 5.39. The van der Waals surface area contributed by atoms with Gasteiger partial charge in [0, 0.05) is 19.2 Å². The highest BCUT2D eigenvalue weighted by Crippen LogP contribution is 2.16. The van der Waals surface area contributed by atoms with Crippen molar-refractivity contribution in [3.8, 4) is 0 Å². The molecule has 16 heavy (non-hydrogen) atoms. The molecule has 5 heteroatoms. The zero-order valence-corrected chi connectivity index (χ0v) is 9.93. The Hall–Kier alpha value is -1.62. The second-order valence-corrected chi connectivity index (χ2v) is 3.76. The normalized spacial score (nSPS) is 9.56. The van der Waals surface area contributed by atoms with Crippen LogP contribution in [0.2, 0.25) is 0 Å². The first-order chi connectivity index (χ1) is 7.63. The average molecular weight is 237 g/mol. The molecule has 0 aliphatic rings. The lowest BCUT2D eigenvalue weighted by Crippen LogP contribution is -2.21. The van der Waals surface area contributed by atoms with Gasteiger partial charge in [0.25, 0.3) is 0 Å². The molecule has 0 bridgehead atoms. The number of thiocarbonyl (C=S) groups is 1. The van der Waals surface area contributed by atoms with E-state index < -0.39 is 0 Å². The van der Waals surface area contributed by atoms with Crippen molar-refractivity contribution in [2.75, 3.05) is 12.4 Å². The van der Waals surface area contributed by atoms with E-state index in [-0.39, 0.29) is 11.0 Å². The van der Waals surface area contributed by atoms with Gasteiger partial charge >= 0.3 is 0 Å². The van der Waals surface area contributed by atoms with Crippen LogP contribution < -0.4 is 16.4 Å². The van der Waals surface area contributed by atoms with Crippen LogP contribution in [0.15, 0.2) is 24.3 Å². The molecule has 1 aromatic rings. The van der Waals surface area contributed by atoms with Crippen molar-refractivity contribution in [3.63, 3.8) is 0 Å². The highest BCUT2D eigenvalue weighted by atomic mass is 32.1. The molecule has 0 aromatic heterocycles. The molecule has 1 aromatic carbocycles. The second-order valence-electron chi connectivity index (χ2n) is 3.32. The second kappa shape index (κ2) is 6.07. The molecular weight excluding hydrogens is 222 g/mol. The number of amides is 1. The van der Waals surface area contributed by atoms with Gasteiger partial charge in [0.2, 0.25) is 5.91 Å². The van der Waals surface area contributed by atoms with Crippen molar-refractivity contribution in [1.29, 1.82) is 0 Å². The van der Waals surface area contributed by atoms with Gasteiger partial charge in [0.1, 0.15) is 0 Å². The molecule has 0 aliphatic carbocycles. The first kappa shape index (κ1) is 12.4. The van der Waals surface area contributed by atoms with Crippen LogP contribution in [0, 0.1) is 0 Å². The van der Waals surface area contributed by atoms with Gasteiger partial charge in [-0.1, -0.05) is 18.2 Å². The summed E-state index contributed by atoms with van der Waals surface area (Å²) in [5.74, 6) is 0.0186. The molecule has 4 nitrogen and oxygen atoms in total. The summed E-state index contributed by atoms with van der Waals surface area (Å²) in [7, 11) is 1.63. The molecule has 0 saturated heterocycles. The van der Waals surface area contributed by atoms with E-state index in [0.717, 1.165) is 11.3 Å². The summed E-state index contributed by atoms with van der Waals surface area (Å²) in [6.45, 7) is 0. The third-order valence-electron chi connectivity index (χ3n) is 2.18. The fraction of sp³-hybridized carbons (Fsp3) is 0.273. The number of carbonyl (C=O) groups is 1. The maximum absolute atomic E-state index is 11.1. The monoisotopic (exact) mass is 237 g/mol. The van der Waals surface area contributed by atoms with E-state index in [2.05, 4.69) is 10.6 Å². The lowest BCUT2D eigenvalue weighted by atomic mass is 10.1. The molecule has 0 saturated carbocycles. The zero-order valence-electron chi connectivity index (χ0n) is 9.12. The molecule has 1 rings (SSSR count). The van der Waals surface area contributed by atoms with Crippen molar-refractivity contribution >= 4 is 28.9 Å². The van der Waals surface area contributed by atoms with Gasteiger partial charge in [-0.25, -0.2) is 0 Å². The minimum Gasteiger partial charge on any atom is -0.376 e. The van der Waals surface area contributed by atoms with Gasteiger partial charge < -0.3 is 16.4 Å². The maximum atomic E-state index is 11.1. The van der Waals surface area contributed by atoms with Crippen LogP contribution in [0.25, 0.3) is 0 Å². The van der Waals surface area contributed by atoms with Crippen molar-refractivity contribution in [1.82, 2.24) is 5.32 Å². The van der Waals surface area contributed by atoms with Gasteiger partial charge in [-0.15, -0.1) is 0 Å². The molecular formula is C11H15N3OS. The number of anilines is 1. The molecule has 0 heterocycles. The van der Waals surface area contributed by atoms with Crippen molar-refractivity contribution in [2.45, 2.75) is 12.8 Å². The Bertz CT molecular complexity index is 393. The number of para-hydroxylation sites is 1. The largest absolute Gasteiger partial charge is 0.376 e. The van der Waals surface area contributed by atoms with Gasteiger partial charge in [0.15, 0.2) is 5.11 Å². The summed E-state index contributed by atoms with van der Waals surface area (Å²) >= 11 is 4.78. The van der Waals surface area contributed by atoms with Crippen LogP contribution in [0.1, 0.15) is 12.0 Å². The Morgan fingerprint density at radius 2 is 2.12 bits per heavy atom. The van der Waals surface area contributed by atoms with Crippen LogP contribution in [0.5, 0.6) is 0 Å². The predicted octanol–water partition coefficient (Wildman–Crippen LogP) is 1.02. The Balaban J connectivity index is 2.70. The smallest absolute Gasteiger partial charge is 0.220 e. The summed E-state index contributed by atoms with van der Waals surface area (Å²) < 4.78 is 0. The first-order valence-electron chi connectivity index (χ1n) is 4.98. The summed E-state index contributed by atoms with van der Waals surface area (Å²) in [5.41, 5.74) is 7.30. The van der Waals surface area contributed by atoms with Gasteiger partial charge in [0.05, 0.1) is 0 Å². The predicted molar refractivity (Wildman–Crippen MR) is 69.2 cm³/mol. The van der Waals surface area contributed by atoms with E-state index in [1.165, 1.54) is 0 Å². The van der Waals surface area contributed by atoms with Crippen LogP contribution in [0.3, 0.4) is 0 Å². The SMILES string of the molecule is CNC(=O)CCc1ccccc1NC(N)=S. The number of nitrogens with two attached hydrogens (primary N) is 1. The summed E-state index contributed by atoms with van der Waals surface area (Å²) in [4.78, 5) is 11.1. The van der Waals surface area contributed by atoms with E-state index in [0.29, 0.717) is 12.8 Å². The van der Waals surface area contributed by atoms with Gasteiger partial charge in [-0.3, -0.25) is 4.79 Å². The summed E-state index contributed by atoms with van der Waals surface area (Å²) in [5, 5.41) is 5.71. The molecule has 0 radical (unpaired) electrons. The number of hydrogen-bond donors (Lipinski definition) is 3. The fourth-order valence-electron chi connectivity index (χ4n) is 1.37. The van der Waals surface area contributed by atoms with Gasteiger partial charge in [-0.05, 0) is 30.3 Å². The summed E-state index contributed by atoms with van der Waals surface area (Å²) in [6, 6.07) is 7.65. The zero-order chi connectivity index (χ0) is 12.0. The van der Waals surface area contributed by atoms with Crippen LogP contribution >= 0.6 is 12.2 Å². The Labute approximate surface area is 100 Å². The number of nitrogens with one attached hydrogen (secondary N) is 2. The molecule has 0 aliphatic heterocycles. The molecule has 0 unspecified atom stereocenters. The van der Waals surface area contributed by atoms with Crippen molar-refractivity contribution in [2.24, 2.45) is 5.73 Å². The van der Waals surface area contributed by atoms with Gasteiger partial charge in [-0.2, -0.15) is 0 Å². The Morgan fingerprint density at radius 3 is 2.75 bits per heavy atom. The quantitative estimate of drug-likeness (QED) is 0.684. The number of rotatable bonds is 4. The number of carbonyl (C=O) groups excluding carboxylic acids is 1. The van der Waals surface area contributed by atoms with E-state index in [1.54, 1.807) is 7.05 Å². The number of aryl methyl sites for hydroxylation is 1. The fourth-order valence-corrected chi connectivity index (χ4v) is 1.48. The van der Waals surface area contributed by atoms with Crippen molar-refractivity contribution in [3.05, 3.63) is 29.8 Å². The van der Waals surface area contributed by atoms with Crippen LogP contribution in [-0.2, 0) is 11.2 Å². The third-order valence-corrected chi connectivity index (χ3v) is 2.28. The van der Waals surface area contributed by atoms with E-state index >= 15 is 0 Å². The van der Waals surface area contributed by atoms with E-state index in [1.807, 2.05) is 24.3 Å². The molecule has 4 N–H and O–H groups in total. The Kier molecular flexibility index (Phi) is 4.72. The Morgan fingerprint density at radius 1 is 1.44 bits per heavy atom.